The lowest BCUT2D eigenvalue weighted by atomic mass is 10.2. The number of likely N-dealkylation sites (N-methyl/N-ethyl adjacent to an activating group) is 1. The van der Waals surface area contributed by atoms with Crippen molar-refractivity contribution in [2.45, 2.75) is 13.5 Å². The molecule has 31 heavy (non-hydrogen) atoms. The van der Waals surface area contributed by atoms with Gasteiger partial charge in [-0.05, 0) is 24.6 Å². The quantitative estimate of drug-likeness (QED) is 0.126. The zero-order valence-electron chi connectivity index (χ0n) is 17.8. The number of carbonyl (C=O) groups excluding carboxylic acids is 1. The van der Waals surface area contributed by atoms with Crippen LogP contribution in [0.4, 0.5) is 5.69 Å². The van der Waals surface area contributed by atoms with Crippen molar-refractivity contribution in [3.8, 4) is 5.75 Å². The summed E-state index contributed by atoms with van der Waals surface area (Å²) in [4.78, 5) is 28.1. The smallest absolute Gasteiger partial charge is 0.269 e. The number of non-ortho nitro benzene ring substituents is 1. The molecule has 0 saturated carbocycles. The van der Waals surface area contributed by atoms with Crippen LogP contribution in [0.3, 0.4) is 0 Å². The van der Waals surface area contributed by atoms with Crippen molar-refractivity contribution in [1.29, 1.82) is 0 Å². The largest absolute Gasteiger partial charge is 0.492 e. The molecule has 0 aliphatic heterocycles. The van der Waals surface area contributed by atoms with Gasteiger partial charge in [0.25, 0.3) is 5.69 Å². The molecule has 168 valence electrons. The Morgan fingerprint density at radius 1 is 1.10 bits per heavy atom. The first-order valence-electron chi connectivity index (χ1n) is 9.50. The molecule has 0 radical (unpaired) electrons. The van der Waals surface area contributed by atoms with Crippen molar-refractivity contribution >= 4 is 41.5 Å². The Labute approximate surface area is 199 Å². The molecule has 2 N–H and O–H groups in total. The minimum Gasteiger partial charge on any atom is -0.492 e. The number of aliphatic imine (C=N–C) groups is 1. The number of rotatable bonds is 9. The van der Waals surface area contributed by atoms with E-state index in [1.54, 1.807) is 26.2 Å². The summed E-state index contributed by atoms with van der Waals surface area (Å²) in [5, 5.41) is 16.9. The van der Waals surface area contributed by atoms with Gasteiger partial charge in [-0.15, -0.1) is 24.0 Å². The number of aryl methyl sites for hydroxylation is 1. The zero-order valence-corrected chi connectivity index (χ0v) is 20.2. The highest BCUT2D eigenvalue weighted by Crippen LogP contribution is 2.12. The summed E-state index contributed by atoms with van der Waals surface area (Å²) in [6, 6.07) is 14.0. The first kappa shape index (κ1) is 26.1. The Hall–Kier alpha value is -2.89. The summed E-state index contributed by atoms with van der Waals surface area (Å²) in [6.07, 6.45) is 0. The molecule has 0 spiro atoms. The molecular weight excluding hydrogens is 513 g/mol. The van der Waals surface area contributed by atoms with Crippen molar-refractivity contribution in [1.82, 2.24) is 15.5 Å². The van der Waals surface area contributed by atoms with Crippen LogP contribution in [0, 0.1) is 17.0 Å². The molecule has 0 atom stereocenters. The van der Waals surface area contributed by atoms with Crippen LogP contribution in [0.15, 0.2) is 53.5 Å². The lowest BCUT2D eigenvalue weighted by Gasteiger charge is -2.15. The predicted octanol–water partition coefficient (Wildman–Crippen LogP) is 2.72. The highest BCUT2D eigenvalue weighted by molar-refractivity contribution is 14.0. The van der Waals surface area contributed by atoms with E-state index in [0.29, 0.717) is 25.7 Å². The van der Waals surface area contributed by atoms with Crippen molar-refractivity contribution in [3.05, 3.63) is 69.8 Å². The van der Waals surface area contributed by atoms with Gasteiger partial charge in [0.2, 0.25) is 5.91 Å². The summed E-state index contributed by atoms with van der Waals surface area (Å²) < 4.78 is 5.69. The summed E-state index contributed by atoms with van der Waals surface area (Å²) in [5.41, 5.74) is 2.01. The maximum absolute atomic E-state index is 11.9. The molecular formula is C21H28IN5O4. The molecule has 0 aromatic heterocycles. The molecule has 9 nitrogen and oxygen atoms in total. The van der Waals surface area contributed by atoms with Gasteiger partial charge in [0.15, 0.2) is 5.96 Å². The fraction of sp³-hybridized carbons (Fsp3) is 0.333. The Morgan fingerprint density at radius 3 is 2.32 bits per heavy atom. The van der Waals surface area contributed by atoms with Gasteiger partial charge >= 0.3 is 0 Å². The molecule has 2 aromatic rings. The van der Waals surface area contributed by atoms with Crippen LogP contribution < -0.4 is 15.4 Å². The molecule has 0 saturated heterocycles. The number of halogens is 1. The number of nitrogens with one attached hydrogen (secondary N) is 2. The van der Waals surface area contributed by atoms with Gasteiger partial charge < -0.3 is 20.3 Å². The average molecular weight is 541 g/mol. The number of guanidine groups is 1. The summed E-state index contributed by atoms with van der Waals surface area (Å²) in [6.45, 7) is 3.32. The lowest BCUT2D eigenvalue weighted by molar-refractivity contribution is -0.384. The molecule has 0 fully saturated rings. The molecule has 0 aliphatic rings. The Morgan fingerprint density at radius 2 is 1.74 bits per heavy atom. The van der Waals surface area contributed by atoms with E-state index in [1.165, 1.54) is 17.0 Å². The minimum absolute atomic E-state index is 0. The van der Waals surface area contributed by atoms with Crippen LogP contribution in [0.25, 0.3) is 0 Å². The van der Waals surface area contributed by atoms with Gasteiger partial charge in [-0.1, -0.05) is 29.8 Å². The van der Waals surface area contributed by atoms with E-state index in [4.69, 9.17) is 4.74 Å². The van der Waals surface area contributed by atoms with E-state index in [1.807, 2.05) is 31.2 Å². The minimum atomic E-state index is -0.442. The topological polar surface area (TPSA) is 109 Å². The molecule has 0 unspecified atom stereocenters. The van der Waals surface area contributed by atoms with Gasteiger partial charge in [0.05, 0.1) is 24.6 Å². The fourth-order valence-corrected chi connectivity index (χ4v) is 2.36. The number of nitrogens with zero attached hydrogens (tertiary/aromatic N) is 3. The van der Waals surface area contributed by atoms with Gasteiger partial charge in [-0.2, -0.15) is 0 Å². The van der Waals surface area contributed by atoms with Crippen LogP contribution in [0.2, 0.25) is 0 Å². The van der Waals surface area contributed by atoms with Crippen LogP contribution >= 0.6 is 24.0 Å². The Kier molecular flexibility index (Phi) is 11.3. The van der Waals surface area contributed by atoms with Crippen molar-refractivity contribution < 1.29 is 14.5 Å². The Balaban J connectivity index is 0.00000480. The standard InChI is InChI=1S/C21H27N5O4.HI/c1-16-4-10-19(11-5-16)30-13-12-22-21(24-15-20(27)25(2)3)23-14-17-6-8-18(9-7-17)26(28)29;/h4-11H,12-15H2,1-3H3,(H2,22,23,24);1H. The molecule has 10 heteroatoms. The zero-order chi connectivity index (χ0) is 21.9. The summed E-state index contributed by atoms with van der Waals surface area (Å²) in [7, 11) is 3.36. The second kappa shape index (κ2) is 13.4. The normalized spacial score (nSPS) is 10.6. The number of hydrogen-bond acceptors (Lipinski definition) is 5. The van der Waals surface area contributed by atoms with Crippen LogP contribution in [0.1, 0.15) is 11.1 Å². The number of carbonyl (C=O) groups is 1. The fourth-order valence-electron chi connectivity index (χ4n) is 2.36. The summed E-state index contributed by atoms with van der Waals surface area (Å²) >= 11 is 0. The predicted molar refractivity (Wildman–Crippen MR) is 131 cm³/mol. The first-order valence-corrected chi connectivity index (χ1v) is 9.50. The monoisotopic (exact) mass is 541 g/mol. The SMILES string of the molecule is Cc1ccc(OCCNC(=NCc2ccc([N+](=O)[O-])cc2)NCC(=O)N(C)C)cc1.I. The van der Waals surface area contributed by atoms with Crippen molar-refractivity contribution in [2.24, 2.45) is 4.99 Å². The van der Waals surface area contributed by atoms with E-state index in [-0.39, 0.29) is 42.1 Å². The van der Waals surface area contributed by atoms with E-state index >= 15 is 0 Å². The molecule has 0 heterocycles. The highest BCUT2D eigenvalue weighted by Gasteiger charge is 2.07. The van der Waals surface area contributed by atoms with Crippen LogP contribution in [-0.2, 0) is 11.3 Å². The second-order valence-electron chi connectivity index (χ2n) is 6.82. The third-order valence-corrected chi connectivity index (χ3v) is 4.16. The molecule has 0 bridgehead atoms. The maximum atomic E-state index is 11.9. The van der Waals surface area contributed by atoms with E-state index in [2.05, 4.69) is 15.6 Å². The van der Waals surface area contributed by atoms with Gasteiger partial charge in [0, 0.05) is 26.2 Å². The average Bonchev–Trinajstić information content (AvgIpc) is 2.73. The number of nitro benzene ring substituents is 1. The Bertz CT molecular complexity index is 870. The third kappa shape index (κ3) is 9.64. The van der Waals surface area contributed by atoms with E-state index in [0.717, 1.165) is 16.9 Å². The lowest BCUT2D eigenvalue weighted by Crippen LogP contribution is -2.44. The van der Waals surface area contributed by atoms with Gasteiger partial charge in [-0.25, -0.2) is 4.99 Å². The first-order chi connectivity index (χ1) is 14.3. The number of amides is 1. The molecule has 0 aliphatic carbocycles. The van der Waals surface area contributed by atoms with Crippen molar-refractivity contribution in [3.63, 3.8) is 0 Å². The third-order valence-electron chi connectivity index (χ3n) is 4.16. The van der Waals surface area contributed by atoms with Crippen molar-refractivity contribution in [2.75, 3.05) is 33.8 Å². The molecule has 1 amide bonds. The molecule has 2 rings (SSSR count). The van der Waals surface area contributed by atoms with E-state index < -0.39 is 4.92 Å². The van der Waals surface area contributed by atoms with Crippen LogP contribution in [0.5, 0.6) is 5.75 Å². The maximum Gasteiger partial charge on any atom is 0.269 e. The van der Waals surface area contributed by atoms with Gasteiger partial charge in [0.1, 0.15) is 12.4 Å². The summed E-state index contributed by atoms with van der Waals surface area (Å²) in [5.74, 6) is 1.15. The van der Waals surface area contributed by atoms with E-state index in [9.17, 15) is 14.9 Å². The van der Waals surface area contributed by atoms with Crippen LogP contribution in [-0.4, -0.2) is 55.5 Å². The number of hydrogen-bond donors (Lipinski definition) is 2. The van der Waals surface area contributed by atoms with Gasteiger partial charge in [-0.3, -0.25) is 14.9 Å². The second-order valence-corrected chi connectivity index (χ2v) is 6.82. The highest BCUT2D eigenvalue weighted by atomic mass is 127. The number of benzene rings is 2. The number of nitro groups is 1. The number of ether oxygens (including phenoxy) is 1. The molecule has 2 aromatic carbocycles.